The molecule has 4 heteroatoms. The summed E-state index contributed by atoms with van der Waals surface area (Å²) < 4.78 is 0. The average molecular weight is 289 g/mol. The first-order chi connectivity index (χ1) is 9.75. The van der Waals surface area contributed by atoms with E-state index in [2.05, 4.69) is 26.1 Å². The van der Waals surface area contributed by atoms with Gasteiger partial charge in [0.25, 0.3) is 0 Å². The quantitative estimate of drug-likeness (QED) is 0.727. The summed E-state index contributed by atoms with van der Waals surface area (Å²) in [6, 6.07) is 5.17. The van der Waals surface area contributed by atoms with E-state index in [4.69, 9.17) is 11.5 Å². The maximum absolute atomic E-state index is 12.4. The van der Waals surface area contributed by atoms with Crippen LogP contribution in [-0.4, -0.2) is 5.91 Å². The molecule has 5 N–H and O–H groups in total. The lowest BCUT2D eigenvalue weighted by Crippen LogP contribution is -2.31. The highest BCUT2D eigenvalue weighted by Crippen LogP contribution is 2.40. The second kappa shape index (κ2) is 5.96. The molecule has 21 heavy (non-hydrogen) atoms. The van der Waals surface area contributed by atoms with Crippen molar-refractivity contribution in [1.29, 1.82) is 0 Å². The highest BCUT2D eigenvalue weighted by Gasteiger charge is 2.32. The summed E-state index contributed by atoms with van der Waals surface area (Å²) >= 11 is 0. The van der Waals surface area contributed by atoms with E-state index in [1.807, 2.05) is 0 Å². The monoisotopic (exact) mass is 289 g/mol. The van der Waals surface area contributed by atoms with E-state index in [0.717, 1.165) is 25.7 Å². The molecule has 116 valence electrons. The van der Waals surface area contributed by atoms with Crippen molar-refractivity contribution in [3.8, 4) is 0 Å². The number of nitrogen functional groups attached to an aromatic ring is 2. The van der Waals surface area contributed by atoms with E-state index in [-0.39, 0.29) is 11.8 Å². The number of hydrogen-bond donors (Lipinski definition) is 3. The van der Waals surface area contributed by atoms with Crippen LogP contribution in [0.3, 0.4) is 0 Å². The summed E-state index contributed by atoms with van der Waals surface area (Å²) in [6.07, 6.45) is 4.18. The van der Waals surface area contributed by atoms with Crippen LogP contribution in [0.15, 0.2) is 18.2 Å². The summed E-state index contributed by atoms with van der Waals surface area (Å²) in [5, 5.41) is 2.95. The third-order valence-corrected chi connectivity index (χ3v) is 4.57. The van der Waals surface area contributed by atoms with Crippen molar-refractivity contribution in [3.05, 3.63) is 18.2 Å². The molecule has 0 spiro atoms. The number of benzene rings is 1. The number of carbonyl (C=O) groups is 1. The van der Waals surface area contributed by atoms with Crippen LogP contribution in [0.1, 0.15) is 46.5 Å². The number of carbonyl (C=O) groups excluding carboxylic acids is 1. The topological polar surface area (TPSA) is 81.1 Å². The third-order valence-electron chi connectivity index (χ3n) is 4.57. The maximum atomic E-state index is 12.4. The molecule has 1 fully saturated rings. The zero-order chi connectivity index (χ0) is 15.6. The van der Waals surface area contributed by atoms with Crippen molar-refractivity contribution >= 4 is 23.0 Å². The number of rotatable bonds is 2. The zero-order valence-corrected chi connectivity index (χ0v) is 13.3. The van der Waals surface area contributed by atoms with Gasteiger partial charge in [-0.3, -0.25) is 4.79 Å². The maximum Gasteiger partial charge on any atom is 0.227 e. The zero-order valence-electron chi connectivity index (χ0n) is 13.3. The Bertz CT molecular complexity index is 491. The highest BCUT2D eigenvalue weighted by atomic mass is 16.1. The number of nitrogens with one attached hydrogen (secondary N) is 1. The lowest BCUT2D eigenvalue weighted by molar-refractivity contribution is -0.121. The Morgan fingerprint density at radius 3 is 2.05 bits per heavy atom. The van der Waals surface area contributed by atoms with Crippen molar-refractivity contribution < 1.29 is 4.79 Å². The molecule has 0 unspecified atom stereocenters. The number of anilines is 3. The fourth-order valence-corrected chi connectivity index (χ4v) is 3.21. The molecule has 1 aromatic carbocycles. The SMILES string of the molecule is CC(C)(C)[C@H]1CC[C@H](C(=O)Nc2cc(N)cc(N)c2)CC1. The molecule has 1 aliphatic carbocycles. The molecule has 0 atom stereocenters. The first-order valence-corrected chi connectivity index (χ1v) is 7.72. The minimum absolute atomic E-state index is 0.0901. The first-order valence-electron chi connectivity index (χ1n) is 7.72. The summed E-state index contributed by atoms with van der Waals surface area (Å²) in [6.45, 7) is 6.86. The van der Waals surface area contributed by atoms with Gasteiger partial charge in [-0.1, -0.05) is 20.8 Å². The van der Waals surface area contributed by atoms with Crippen molar-refractivity contribution in [3.63, 3.8) is 0 Å². The molecule has 0 radical (unpaired) electrons. The van der Waals surface area contributed by atoms with E-state index >= 15 is 0 Å². The van der Waals surface area contributed by atoms with Crippen LogP contribution in [0.25, 0.3) is 0 Å². The molecule has 2 rings (SSSR count). The lowest BCUT2D eigenvalue weighted by atomic mass is 9.69. The molecule has 0 saturated heterocycles. The van der Waals surface area contributed by atoms with Gasteiger partial charge in [0.2, 0.25) is 5.91 Å². The first kappa shape index (κ1) is 15.7. The van der Waals surface area contributed by atoms with Crippen LogP contribution in [-0.2, 0) is 4.79 Å². The van der Waals surface area contributed by atoms with Gasteiger partial charge in [-0.25, -0.2) is 0 Å². The fraction of sp³-hybridized carbons (Fsp3) is 0.588. The second-order valence-electron chi connectivity index (χ2n) is 7.29. The molecule has 1 aliphatic rings. The van der Waals surface area contributed by atoms with Crippen LogP contribution < -0.4 is 16.8 Å². The van der Waals surface area contributed by atoms with Gasteiger partial charge in [-0.05, 0) is 55.2 Å². The summed E-state index contributed by atoms with van der Waals surface area (Å²) in [4.78, 5) is 12.4. The molecule has 0 aromatic heterocycles. The van der Waals surface area contributed by atoms with Gasteiger partial charge in [0, 0.05) is 23.0 Å². The van der Waals surface area contributed by atoms with Crippen molar-refractivity contribution in [2.24, 2.45) is 17.3 Å². The van der Waals surface area contributed by atoms with Gasteiger partial charge in [-0.2, -0.15) is 0 Å². The molecule has 0 heterocycles. The smallest absolute Gasteiger partial charge is 0.227 e. The van der Waals surface area contributed by atoms with Gasteiger partial charge in [0.1, 0.15) is 0 Å². The van der Waals surface area contributed by atoms with Gasteiger partial charge < -0.3 is 16.8 Å². The normalized spacial score (nSPS) is 22.8. The summed E-state index contributed by atoms with van der Waals surface area (Å²) in [5.74, 6) is 0.906. The van der Waals surface area contributed by atoms with Gasteiger partial charge in [-0.15, -0.1) is 0 Å². The molecule has 0 aliphatic heterocycles. The Labute approximate surface area is 127 Å². The van der Waals surface area contributed by atoms with Crippen molar-refractivity contribution in [2.45, 2.75) is 46.5 Å². The van der Waals surface area contributed by atoms with E-state index in [9.17, 15) is 4.79 Å². The van der Waals surface area contributed by atoms with E-state index < -0.39 is 0 Å². The fourth-order valence-electron chi connectivity index (χ4n) is 3.21. The molecular weight excluding hydrogens is 262 g/mol. The number of nitrogens with two attached hydrogens (primary N) is 2. The van der Waals surface area contributed by atoms with Crippen LogP contribution in [0.4, 0.5) is 17.1 Å². The largest absolute Gasteiger partial charge is 0.399 e. The van der Waals surface area contributed by atoms with E-state index in [1.54, 1.807) is 18.2 Å². The third kappa shape index (κ3) is 4.13. The lowest BCUT2D eigenvalue weighted by Gasteiger charge is -2.36. The molecule has 4 nitrogen and oxygen atoms in total. The Balaban J connectivity index is 1.93. The molecule has 0 bridgehead atoms. The van der Waals surface area contributed by atoms with Crippen molar-refractivity contribution in [2.75, 3.05) is 16.8 Å². The predicted octanol–water partition coefficient (Wildman–Crippen LogP) is 3.64. The highest BCUT2D eigenvalue weighted by molar-refractivity contribution is 5.93. The standard InChI is InChI=1S/C17H27N3O/c1-17(2,3)12-6-4-11(5-7-12)16(21)20-15-9-13(18)8-14(19)10-15/h8-12H,4-7,18-19H2,1-3H3,(H,20,21)/t11-,12-. The Kier molecular flexibility index (Phi) is 4.45. The van der Waals surface area contributed by atoms with Crippen LogP contribution in [0.2, 0.25) is 0 Å². The average Bonchev–Trinajstić information content (AvgIpc) is 2.36. The van der Waals surface area contributed by atoms with Gasteiger partial charge in [0.15, 0.2) is 0 Å². The molecular formula is C17H27N3O. The molecule has 1 amide bonds. The van der Waals surface area contributed by atoms with Gasteiger partial charge in [0.05, 0.1) is 0 Å². The second-order valence-corrected chi connectivity index (χ2v) is 7.29. The number of amides is 1. The van der Waals surface area contributed by atoms with E-state index in [0.29, 0.717) is 28.4 Å². The summed E-state index contributed by atoms with van der Waals surface area (Å²) in [7, 11) is 0. The Hall–Kier alpha value is -1.71. The molecule has 1 aromatic rings. The van der Waals surface area contributed by atoms with Crippen LogP contribution in [0, 0.1) is 17.3 Å². The van der Waals surface area contributed by atoms with Crippen molar-refractivity contribution in [1.82, 2.24) is 0 Å². The van der Waals surface area contributed by atoms with Crippen LogP contribution in [0.5, 0.6) is 0 Å². The minimum atomic E-state index is 0.0901. The van der Waals surface area contributed by atoms with Gasteiger partial charge >= 0.3 is 0 Å². The Morgan fingerprint density at radius 1 is 1.05 bits per heavy atom. The number of hydrogen-bond acceptors (Lipinski definition) is 3. The van der Waals surface area contributed by atoms with Crippen LogP contribution >= 0.6 is 0 Å². The van der Waals surface area contributed by atoms with E-state index in [1.165, 1.54) is 0 Å². The predicted molar refractivity (Wildman–Crippen MR) is 88.8 cm³/mol. The minimum Gasteiger partial charge on any atom is -0.399 e. The molecule has 1 saturated carbocycles. The Morgan fingerprint density at radius 2 is 1.57 bits per heavy atom. The summed E-state index contributed by atoms with van der Waals surface area (Å²) in [5.41, 5.74) is 13.7.